The highest BCUT2D eigenvalue weighted by Gasteiger charge is 2.66. The van der Waals surface area contributed by atoms with Gasteiger partial charge in [0.15, 0.2) is 0 Å². The van der Waals surface area contributed by atoms with Gasteiger partial charge in [-0.15, -0.1) is 0 Å². The molecular formula is C21H23FN2O3. The Morgan fingerprint density at radius 1 is 0.926 bits per heavy atom. The van der Waals surface area contributed by atoms with Gasteiger partial charge in [-0.3, -0.25) is 9.59 Å². The number of hydrogen-bond acceptors (Lipinski definition) is 3. The second-order valence-electron chi connectivity index (χ2n) is 9.87. The normalized spacial score (nSPS) is 40.4. The van der Waals surface area contributed by atoms with E-state index in [-0.39, 0.29) is 16.5 Å². The first kappa shape index (κ1) is 16.9. The molecule has 1 aromatic carbocycles. The van der Waals surface area contributed by atoms with E-state index in [1.54, 1.807) is 6.07 Å². The lowest BCUT2D eigenvalue weighted by Gasteiger charge is -2.66. The number of benzene rings is 1. The number of nitrogens with zero attached hydrogens (tertiary/aromatic N) is 2. The molecule has 5 aliphatic rings. The van der Waals surface area contributed by atoms with Crippen molar-refractivity contribution in [3.8, 4) is 0 Å². The van der Waals surface area contributed by atoms with Gasteiger partial charge in [-0.05, 0) is 67.4 Å². The smallest absolute Gasteiger partial charge is 0.263 e. The van der Waals surface area contributed by atoms with Crippen LogP contribution in [0, 0.1) is 22.6 Å². The van der Waals surface area contributed by atoms with Crippen LogP contribution >= 0.6 is 0 Å². The predicted octanol–water partition coefficient (Wildman–Crippen LogP) is 3.87. The van der Waals surface area contributed by atoms with Gasteiger partial charge in [-0.1, -0.05) is 26.0 Å². The number of hydrogen-bond donors (Lipinski definition) is 0. The molecule has 27 heavy (non-hydrogen) atoms. The highest BCUT2D eigenvalue weighted by Crippen LogP contribution is 2.68. The minimum atomic E-state index is -0.948. The zero-order chi connectivity index (χ0) is 19.2. The van der Waals surface area contributed by atoms with Crippen LogP contribution in [0.5, 0.6) is 0 Å². The summed E-state index contributed by atoms with van der Waals surface area (Å²) in [5.41, 5.74) is -0.593. The van der Waals surface area contributed by atoms with Gasteiger partial charge < -0.3 is 0 Å². The van der Waals surface area contributed by atoms with Crippen LogP contribution in [0.3, 0.4) is 0 Å². The fourth-order valence-electron chi connectivity index (χ4n) is 7.37. The van der Waals surface area contributed by atoms with Crippen molar-refractivity contribution in [1.29, 1.82) is 0 Å². The van der Waals surface area contributed by atoms with Gasteiger partial charge in [0.1, 0.15) is 5.82 Å². The van der Waals surface area contributed by atoms with E-state index >= 15 is 0 Å². The molecule has 2 unspecified atom stereocenters. The summed E-state index contributed by atoms with van der Waals surface area (Å²) >= 11 is 0. The van der Waals surface area contributed by atoms with Crippen LogP contribution in [-0.2, 0) is 9.59 Å². The molecule has 0 radical (unpaired) electrons. The lowest BCUT2D eigenvalue weighted by atomic mass is 9.42. The van der Waals surface area contributed by atoms with Crippen molar-refractivity contribution in [1.82, 2.24) is 4.90 Å². The largest absolute Gasteiger partial charge is 0.339 e. The van der Waals surface area contributed by atoms with Crippen molar-refractivity contribution in [3.63, 3.8) is 0 Å². The summed E-state index contributed by atoms with van der Waals surface area (Å²) in [5.74, 6) is -1.97. The monoisotopic (exact) mass is 370 g/mol. The molecular weight excluding hydrogens is 347 g/mol. The SMILES string of the molecule is CC12CC3CC(C)(C1)CC(N1C(=O)C(=O)N(c4ccccc4F)C1=O)(C3)C2. The molecule has 1 aromatic rings. The van der Waals surface area contributed by atoms with E-state index in [0.29, 0.717) is 5.92 Å². The van der Waals surface area contributed by atoms with Crippen LogP contribution in [0.4, 0.5) is 14.9 Å². The fraction of sp³-hybridized carbons (Fsp3) is 0.571. The Morgan fingerprint density at radius 3 is 2.15 bits per heavy atom. The number of imide groups is 2. The highest BCUT2D eigenvalue weighted by atomic mass is 19.1. The summed E-state index contributed by atoms with van der Waals surface area (Å²) in [7, 11) is 0. The first-order valence-corrected chi connectivity index (χ1v) is 9.63. The van der Waals surface area contributed by atoms with Crippen molar-refractivity contribution in [2.75, 3.05) is 4.90 Å². The summed E-state index contributed by atoms with van der Waals surface area (Å²) < 4.78 is 14.3. The van der Waals surface area contributed by atoms with E-state index in [0.717, 1.165) is 43.4 Å². The van der Waals surface area contributed by atoms with Crippen LogP contribution in [0.25, 0.3) is 0 Å². The fourth-order valence-corrected chi connectivity index (χ4v) is 7.37. The van der Waals surface area contributed by atoms with Crippen LogP contribution in [0.1, 0.15) is 52.4 Å². The molecule has 0 spiro atoms. The van der Waals surface area contributed by atoms with Gasteiger partial charge in [0.2, 0.25) is 0 Å². The molecule has 4 bridgehead atoms. The van der Waals surface area contributed by atoms with Gasteiger partial charge in [0, 0.05) is 0 Å². The van der Waals surface area contributed by atoms with Gasteiger partial charge in [-0.2, -0.15) is 0 Å². The van der Waals surface area contributed by atoms with E-state index < -0.39 is 29.2 Å². The number of carbonyl (C=O) groups excluding carboxylic acids is 3. The van der Waals surface area contributed by atoms with Crippen LogP contribution in [0.2, 0.25) is 0 Å². The molecule has 5 nitrogen and oxygen atoms in total. The number of halogens is 1. The van der Waals surface area contributed by atoms with Gasteiger partial charge in [0.25, 0.3) is 0 Å². The zero-order valence-corrected chi connectivity index (χ0v) is 15.6. The number of amides is 4. The molecule has 4 saturated carbocycles. The Morgan fingerprint density at radius 2 is 1.56 bits per heavy atom. The van der Waals surface area contributed by atoms with Crippen molar-refractivity contribution in [2.24, 2.45) is 16.7 Å². The highest BCUT2D eigenvalue weighted by molar-refractivity contribution is 6.53. The Labute approximate surface area is 157 Å². The maximum absolute atomic E-state index is 14.3. The molecule has 4 amide bonds. The topological polar surface area (TPSA) is 57.7 Å². The van der Waals surface area contributed by atoms with Crippen LogP contribution in [0.15, 0.2) is 24.3 Å². The predicted molar refractivity (Wildman–Crippen MR) is 96.3 cm³/mol. The number of anilines is 1. The molecule has 6 rings (SSSR count). The number of para-hydroxylation sites is 1. The first-order chi connectivity index (χ1) is 12.7. The minimum absolute atomic E-state index is 0.0865. The summed E-state index contributed by atoms with van der Waals surface area (Å²) in [6.45, 7) is 4.48. The van der Waals surface area contributed by atoms with Crippen molar-refractivity contribution < 1.29 is 18.8 Å². The lowest BCUT2D eigenvalue weighted by Crippen LogP contribution is -2.66. The maximum Gasteiger partial charge on any atom is 0.339 e. The van der Waals surface area contributed by atoms with E-state index in [1.807, 2.05) is 0 Å². The van der Waals surface area contributed by atoms with Gasteiger partial charge in [0.05, 0.1) is 11.2 Å². The second kappa shape index (κ2) is 4.97. The lowest BCUT2D eigenvalue weighted by molar-refractivity contribution is -0.164. The summed E-state index contributed by atoms with van der Waals surface area (Å²) in [4.78, 5) is 40.8. The van der Waals surface area contributed by atoms with Gasteiger partial charge in [-0.25, -0.2) is 19.0 Å². The molecule has 2 atom stereocenters. The third-order valence-corrected chi connectivity index (χ3v) is 7.14. The molecule has 1 saturated heterocycles. The van der Waals surface area contributed by atoms with Gasteiger partial charge >= 0.3 is 17.8 Å². The number of rotatable bonds is 2. The molecule has 5 fully saturated rings. The van der Waals surface area contributed by atoms with Crippen LogP contribution in [-0.4, -0.2) is 28.3 Å². The summed E-state index contributed by atoms with van der Waals surface area (Å²) in [6.07, 6.45) is 5.56. The Hall–Kier alpha value is -2.24. The third kappa shape index (κ3) is 2.18. The maximum atomic E-state index is 14.3. The molecule has 4 aliphatic carbocycles. The van der Waals surface area contributed by atoms with E-state index in [2.05, 4.69) is 13.8 Å². The average Bonchev–Trinajstić information content (AvgIpc) is 2.75. The zero-order valence-electron chi connectivity index (χ0n) is 15.6. The first-order valence-electron chi connectivity index (χ1n) is 9.63. The summed E-state index contributed by atoms with van der Waals surface area (Å²) in [5, 5.41) is 0. The molecule has 142 valence electrons. The molecule has 0 N–H and O–H groups in total. The summed E-state index contributed by atoms with van der Waals surface area (Å²) in [6, 6.07) is 4.91. The average molecular weight is 370 g/mol. The van der Waals surface area contributed by atoms with Crippen molar-refractivity contribution in [3.05, 3.63) is 30.1 Å². The second-order valence-corrected chi connectivity index (χ2v) is 9.87. The standard InChI is InChI=1S/C21H23FN2O3/c1-19-7-13-8-20(2,10-19)12-21(9-13,11-19)24-17(26)16(25)23(18(24)27)15-6-4-3-5-14(15)22/h3-6,13H,7-12H2,1-2H3. The Kier molecular flexibility index (Phi) is 3.11. The number of urea groups is 1. The molecule has 6 heteroatoms. The van der Waals surface area contributed by atoms with E-state index in [9.17, 15) is 18.8 Å². The van der Waals surface area contributed by atoms with Crippen molar-refractivity contribution in [2.45, 2.75) is 57.9 Å². The van der Waals surface area contributed by atoms with E-state index in [1.165, 1.54) is 23.1 Å². The number of carbonyl (C=O) groups is 3. The van der Waals surface area contributed by atoms with E-state index in [4.69, 9.17) is 0 Å². The van der Waals surface area contributed by atoms with Crippen LogP contribution < -0.4 is 4.90 Å². The molecule has 0 aromatic heterocycles. The Balaban J connectivity index is 1.58. The third-order valence-electron chi connectivity index (χ3n) is 7.14. The quantitative estimate of drug-likeness (QED) is 0.587. The minimum Gasteiger partial charge on any atom is -0.263 e. The Bertz CT molecular complexity index is 879. The molecule has 1 heterocycles. The van der Waals surface area contributed by atoms with Crippen molar-refractivity contribution >= 4 is 23.5 Å². The molecule has 1 aliphatic heterocycles.